The van der Waals surface area contributed by atoms with Crippen LogP contribution in [0.5, 0.6) is 0 Å². The lowest BCUT2D eigenvalue weighted by Gasteiger charge is -2.44. The van der Waals surface area contributed by atoms with Gasteiger partial charge in [0.25, 0.3) is 0 Å². The number of aromatic nitrogens is 1. The predicted molar refractivity (Wildman–Crippen MR) is 85.9 cm³/mol. The average molecular weight is 314 g/mol. The monoisotopic (exact) mass is 314 g/mol. The maximum atomic E-state index is 12.7. The van der Waals surface area contributed by atoms with E-state index >= 15 is 0 Å². The molecule has 2 heterocycles. The molecular formula is C17H22N4O2. The number of anilines is 1. The average Bonchev–Trinajstić information content (AvgIpc) is 2.61. The molecule has 1 aliphatic carbocycles. The molecule has 6 nitrogen and oxygen atoms in total. The molecule has 1 aromatic rings. The summed E-state index contributed by atoms with van der Waals surface area (Å²) in [6.45, 7) is 1.60. The lowest BCUT2D eigenvalue weighted by molar-refractivity contribution is -0.148. The van der Waals surface area contributed by atoms with Crippen LogP contribution in [0.25, 0.3) is 0 Å². The molecule has 2 aliphatic rings. The van der Waals surface area contributed by atoms with Crippen molar-refractivity contribution in [3.63, 3.8) is 0 Å². The number of pyridine rings is 1. The van der Waals surface area contributed by atoms with E-state index in [1.807, 2.05) is 22.9 Å². The SMILES string of the molecule is CN(CC(=O)N1CCO[C@@H]2CCCC[C@@H]21)c1ccc(C#N)cn1. The number of carbonyl (C=O) groups excluding carboxylic acids is 1. The highest BCUT2D eigenvalue weighted by molar-refractivity contribution is 5.81. The molecule has 122 valence electrons. The molecule has 0 spiro atoms. The van der Waals surface area contributed by atoms with Gasteiger partial charge in [0.15, 0.2) is 0 Å². The van der Waals surface area contributed by atoms with Crippen molar-refractivity contribution >= 4 is 11.7 Å². The Morgan fingerprint density at radius 3 is 3.04 bits per heavy atom. The summed E-state index contributed by atoms with van der Waals surface area (Å²) in [5.74, 6) is 0.824. The van der Waals surface area contributed by atoms with Crippen LogP contribution in [0.3, 0.4) is 0 Å². The number of carbonyl (C=O) groups is 1. The fourth-order valence-electron chi connectivity index (χ4n) is 3.46. The molecule has 3 rings (SSSR count). The topological polar surface area (TPSA) is 69.5 Å². The summed E-state index contributed by atoms with van der Waals surface area (Å²) < 4.78 is 5.83. The molecule has 1 aromatic heterocycles. The van der Waals surface area contributed by atoms with Crippen molar-refractivity contribution in [1.29, 1.82) is 5.26 Å². The van der Waals surface area contributed by atoms with Gasteiger partial charge >= 0.3 is 0 Å². The molecule has 0 bridgehead atoms. The number of rotatable bonds is 3. The second-order valence-electron chi connectivity index (χ2n) is 6.22. The Kier molecular flexibility index (Phi) is 4.77. The zero-order valence-corrected chi connectivity index (χ0v) is 13.4. The number of ether oxygens (including phenoxy) is 1. The van der Waals surface area contributed by atoms with Gasteiger partial charge in [0.1, 0.15) is 11.9 Å². The summed E-state index contributed by atoms with van der Waals surface area (Å²) >= 11 is 0. The summed E-state index contributed by atoms with van der Waals surface area (Å²) in [6.07, 6.45) is 6.19. The van der Waals surface area contributed by atoms with E-state index in [0.717, 1.165) is 12.8 Å². The molecule has 0 N–H and O–H groups in total. The van der Waals surface area contributed by atoms with Crippen LogP contribution in [0.2, 0.25) is 0 Å². The maximum absolute atomic E-state index is 12.7. The van der Waals surface area contributed by atoms with Gasteiger partial charge in [-0.1, -0.05) is 12.8 Å². The number of likely N-dealkylation sites (N-methyl/N-ethyl adjacent to an activating group) is 1. The molecule has 0 unspecified atom stereocenters. The first-order chi connectivity index (χ1) is 11.2. The largest absolute Gasteiger partial charge is 0.374 e. The molecule has 0 radical (unpaired) electrons. The second-order valence-corrected chi connectivity index (χ2v) is 6.22. The first kappa shape index (κ1) is 15.8. The lowest BCUT2D eigenvalue weighted by Crippen LogP contribution is -2.56. The highest BCUT2D eigenvalue weighted by Gasteiger charge is 2.36. The number of fused-ring (bicyclic) bond motifs is 1. The number of morpholine rings is 1. The van der Waals surface area contributed by atoms with E-state index < -0.39 is 0 Å². The van der Waals surface area contributed by atoms with E-state index in [1.165, 1.54) is 19.0 Å². The van der Waals surface area contributed by atoms with Crippen LogP contribution in [0.4, 0.5) is 5.82 Å². The normalized spacial score (nSPS) is 23.7. The van der Waals surface area contributed by atoms with Crippen LogP contribution in [0, 0.1) is 11.3 Å². The standard InChI is InChI=1S/C17H22N4O2/c1-20(16-7-6-13(10-18)11-19-16)12-17(22)21-8-9-23-15-5-3-2-4-14(15)21/h6-7,11,14-15H,2-5,8-9,12H2,1H3/t14-,15+/m0/s1. The lowest BCUT2D eigenvalue weighted by atomic mass is 9.90. The van der Waals surface area contributed by atoms with E-state index in [2.05, 4.69) is 4.98 Å². The van der Waals surface area contributed by atoms with Gasteiger partial charge in [0, 0.05) is 19.8 Å². The number of nitrogens with zero attached hydrogens (tertiary/aromatic N) is 4. The first-order valence-corrected chi connectivity index (χ1v) is 8.17. The second kappa shape index (κ2) is 6.97. The van der Waals surface area contributed by atoms with Crippen molar-refractivity contribution in [2.45, 2.75) is 37.8 Å². The van der Waals surface area contributed by atoms with E-state index in [1.54, 1.807) is 12.1 Å². The number of amides is 1. The predicted octanol–water partition coefficient (Wildman–Crippen LogP) is 1.56. The molecule has 1 amide bonds. The molecule has 2 fully saturated rings. The van der Waals surface area contributed by atoms with Crippen molar-refractivity contribution in [2.75, 3.05) is 31.6 Å². The van der Waals surface area contributed by atoms with E-state index in [4.69, 9.17) is 10.00 Å². The van der Waals surface area contributed by atoms with Crippen molar-refractivity contribution < 1.29 is 9.53 Å². The quantitative estimate of drug-likeness (QED) is 0.847. The van der Waals surface area contributed by atoms with Gasteiger partial charge in [-0.15, -0.1) is 0 Å². The molecule has 1 saturated carbocycles. The third-order valence-electron chi connectivity index (χ3n) is 4.69. The van der Waals surface area contributed by atoms with Crippen molar-refractivity contribution in [2.24, 2.45) is 0 Å². The molecule has 2 atom stereocenters. The Balaban J connectivity index is 1.64. The maximum Gasteiger partial charge on any atom is 0.242 e. The molecule has 23 heavy (non-hydrogen) atoms. The Bertz CT molecular complexity index is 594. The highest BCUT2D eigenvalue weighted by Crippen LogP contribution is 2.28. The van der Waals surface area contributed by atoms with Crippen LogP contribution in [0.1, 0.15) is 31.2 Å². The van der Waals surface area contributed by atoms with Crippen LogP contribution in [0.15, 0.2) is 18.3 Å². The van der Waals surface area contributed by atoms with E-state index in [0.29, 0.717) is 31.1 Å². The highest BCUT2D eigenvalue weighted by atomic mass is 16.5. The molecule has 6 heteroatoms. The Labute approximate surface area is 136 Å². The molecule has 1 saturated heterocycles. The van der Waals surface area contributed by atoms with Crippen LogP contribution < -0.4 is 4.90 Å². The molecular weight excluding hydrogens is 292 g/mol. The van der Waals surface area contributed by atoms with Crippen LogP contribution in [-0.2, 0) is 9.53 Å². The van der Waals surface area contributed by atoms with Crippen molar-refractivity contribution in [3.8, 4) is 6.07 Å². The van der Waals surface area contributed by atoms with Gasteiger partial charge < -0.3 is 14.5 Å². The van der Waals surface area contributed by atoms with Gasteiger partial charge in [0.05, 0.1) is 30.9 Å². The Morgan fingerprint density at radius 1 is 1.48 bits per heavy atom. The third kappa shape index (κ3) is 3.45. The Hall–Kier alpha value is -2.13. The van der Waals surface area contributed by atoms with Crippen molar-refractivity contribution in [3.05, 3.63) is 23.9 Å². The van der Waals surface area contributed by atoms with Crippen LogP contribution >= 0.6 is 0 Å². The van der Waals surface area contributed by atoms with E-state index in [-0.39, 0.29) is 18.1 Å². The third-order valence-corrected chi connectivity index (χ3v) is 4.69. The number of hydrogen-bond acceptors (Lipinski definition) is 5. The van der Waals surface area contributed by atoms with Gasteiger partial charge in [-0.2, -0.15) is 5.26 Å². The minimum Gasteiger partial charge on any atom is -0.374 e. The van der Waals surface area contributed by atoms with Gasteiger partial charge in [-0.25, -0.2) is 4.98 Å². The fraction of sp³-hybridized carbons (Fsp3) is 0.588. The van der Waals surface area contributed by atoms with Crippen molar-refractivity contribution in [1.82, 2.24) is 9.88 Å². The fourth-order valence-corrected chi connectivity index (χ4v) is 3.46. The van der Waals surface area contributed by atoms with Gasteiger partial charge in [0.2, 0.25) is 5.91 Å². The van der Waals surface area contributed by atoms with Gasteiger partial charge in [-0.3, -0.25) is 4.79 Å². The minimum atomic E-state index is 0.124. The summed E-state index contributed by atoms with van der Waals surface area (Å²) in [7, 11) is 1.85. The molecule has 0 aromatic carbocycles. The zero-order chi connectivity index (χ0) is 16.2. The smallest absolute Gasteiger partial charge is 0.242 e. The number of hydrogen-bond donors (Lipinski definition) is 0. The first-order valence-electron chi connectivity index (χ1n) is 8.17. The molecule has 1 aliphatic heterocycles. The number of nitriles is 1. The summed E-state index contributed by atoms with van der Waals surface area (Å²) in [5, 5.41) is 8.82. The summed E-state index contributed by atoms with van der Waals surface area (Å²) in [4.78, 5) is 20.8. The Morgan fingerprint density at radius 2 is 2.30 bits per heavy atom. The van der Waals surface area contributed by atoms with E-state index in [9.17, 15) is 4.79 Å². The summed E-state index contributed by atoms with van der Waals surface area (Å²) in [6, 6.07) is 5.77. The summed E-state index contributed by atoms with van der Waals surface area (Å²) in [5.41, 5.74) is 0.520. The van der Waals surface area contributed by atoms with Gasteiger partial charge in [-0.05, 0) is 25.0 Å². The zero-order valence-electron chi connectivity index (χ0n) is 13.4. The minimum absolute atomic E-state index is 0.124. The van der Waals surface area contributed by atoms with Crippen LogP contribution in [-0.4, -0.2) is 54.7 Å².